The first kappa shape index (κ1) is 12.7. The first-order valence-corrected chi connectivity index (χ1v) is 7.32. The van der Waals surface area contributed by atoms with E-state index in [2.05, 4.69) is 33.2 Å². The molecular weight excluding hydrogens is 240 g/mol. The number of aromatic nitrogens is 2. The van der Waals surface area contributed by atoms with Gasteiger partial charge >= 0.3 is 0 Å². The summed E-state index contributed by atoms with van der Waals surface area (Å²) in [5, 5.41) is 3.25. The van der Waals surface area contributed by atoms with E-state index in [4.69, 9.17) is 4.74 Å². The second kappa shape index (κ2) is 5.74. The largest absolute Gasteiger partial charge is 0.374 e. The summed E-state index contributed by atoms with van der Waals surface area (Å²) in [7, 11) is 0. The molecule has 1 aliphatic heterocycles. The summed E-state index contributed by atoms with van der Waals surface area (Å²) in [5.41, 5.74) is 0. The van der Waals surface area contributed by atoms with Crippen LogP contribution < -0.4 is 10.2 Å². The number of nitrogens with one attached hydrogen (secondary N) is 1. The predicted molar refractivity (Wildman–Crippen MR) is 75.5 cm³/mol. The van der Waals surface area contributed by atoms with Crippen molar-refractivity contribution in [3.8, 4) is 0 Å². The van der Waals surface area contributed by atoms with Crippen molar-refractivity contribution in [3.05, 3.63) is 12.4 Å². The molecule has 0 amide bonds. The minimum absolute atomic E-state index is 0.389. The van der Waals surface area contributed by atoms with Crippen LogP contribution in [0, 0.1) is 0 Å². The van der Waals surface area contributed by atoms with Crippen LogP contribution in [-0.2, 0) is 4.74 Å². The quantitative estimate of drug-likeness (QED) is 0.903. The molecule has 104 valence electrons. The molecule has 1 aliphatic carbocycles. The molecule has 1 saturated carbocycles. The third-order valence-electron chi connectivity index (χ3n) is 4.04. The second-order valence-corrected chi connectivity index (χ2v) is 5.25. The average molecular weight is 262 g/mol. The fourth-order valence-electron chi connectivity index (χ4n) is 3.16. The average Bonchev–Trinajstić information content (AvgIpc) is 2.47. The molecule has 1 aromatic heterocycles. The number of rotatable bonds is 3. The Bertz CT molecular complexity index is 424. The lowest BCUT2D eigenvalue weighted by molar-refractivity contribution is -0.00899. The molecule has 2 aliphatic rings. The third-order valence-corrected chi connectivity index (χ3v) is 4.04. The molecule has 1 N–H and O–H groups in total. The van der Waals surface area contributed by atoms with E-state index in [9.17, 15) is 0 Å². The molecule has 2 unspecified atom stereocenters. The van der Waals surface area contributed by atoms with E-state index in [1.165, 1.54) is 25.7 Å². The van der Waals surface area contributed by atoms with E-state index in [1.807, 2.05) is 0 Å². The molecule has 0 radical (unpaired) electrons. The van der Waals surface area contributed by atoms with Crippen LogP contribution in [0.4, 0.5) is 11.6 Å². The monoisotopic (exact) mass is 262 g/mol. The van der Waals surface area contributed by atoms with Crippen molar-refractivity contribution in [2.24, 2.45) is 0 Å². The molecule has 2 heterocycles. The Morgan fingerprint density at radius 2 is 2.26 bits per heavy atom. The Morgan fingerprint density at radius 1 is 1.37 bits per heavy atom. The Morgan fingerprint density at radius 3 is 3.16 bits per heavy atom. The first-order chi connectivity index (χ1) is 9.38. The normalized spacial score (nSPS) is 26.9. The fraction of sp³-hybridized carbons (Fsp3) is 0.714. The van der Waals surface area contributed by atoms with Crippen molar-refractivity contribution < 1.29 is 4.74 Å². The van der Waals surface area contributed by atoms with Gasteiger partial charge in [0, 0.05) is 19.2 Å². The summed E-state index contributed by atoms with van der Waals surface area (Å²) in [6.07, 6.45) is 7.03. The number of nitrogens with zero attached hydrogens (tertiary/aromatic N) is 3. The van der Waals surface area contributed by atoms with E-state index in [0.717, 1.165) is 31.3 Å². The highest BCUT2D eigenvalue weighted by Crippen LogP contribution is 2.31. The van der Waals surface area contributed by atoms with Crippen LogP contribution in [0.1, 0.15) is 32.6 Å². The van der Waals surface area contributed by atoms with E-state index < -0.39 is 0 Å². The SMILES string of the molecule is CCNc1cc(N2CCOC3CCCCC32)ncn1. The van der Waals surface area contributed by atoms with Gasteiger partial charge in [-0.2, -0.15) is 0 Å². The van der Waals surface area contributed by atoms with Crippen LogP contribution in [-0.4, -0.2) is 41.8 Å². The zero-order valence-corrected chi connectivity index (χ0v) is 11.5. The zero-order valence-electron chi connectivity index (χ0n) is 11.5. The topological polar surface area (TPSA) is 50.3 Å². The molecule has 0 bridgehead atoms. The van der Waals surface area contributed by atoms with E-state index in [0.29, 0.717) is 12.1 Å². The summed E-state index contributed by atoms with van der Waals surface area (Å²) in [5.74, 6) is 1.94. The maximum atomic E-state index is 5.91. The lowest BCUT2D eigenvalue weighted by atomic mass is 9.90. The molecule has 5 nitrogen and oxygen atoms in total. The second-order valence-electron chi connectivity index (χ2n) is 5.25. The van der Waals surface area contributed by atoms with Crippen LogP contribution in [0.5, 0.6) is 0 Å². The number of ether oxygens (including phenoxy) is 1. The molecule has 5 heteroatoms. The number of morpholine rings is 1. The van der Waals surface area contributed by atoms with Crippen LogP contribution in [0.3, 0.4) is 0 Å². The van der Waals surface area contributed by atoms with Crippen molar-refractivity contribution in [1.29, 1.82) is 0 Å². The van der Waals surface area contributed by atoms with Crippen molar-refractivity contribution in [3.63, 3.8) is 0 Å². The van der Waals surface area contributed by atoms with E-state index in [-0.39, 0.29) is 0 Å². The lowest BCUT2D eigenvalue weighted by Crippen LogP contribution is -2.53. The van der Waals surface area contributed by atoms with Gasteiger partial charge in [0.25, 0.3) is 0 Å². The highest BCUT2D eigenvalue weighted by atomic mass is 16.5. The summed E-state index contributed by atoms with van der Waals surface area (Å²) in [6, 6.07) is 2.55. The molecular formula is C14H22N4O. The Labute approximate surface area is 114 Å². The van der Waals surface area contributed by atoms with Gasteiger partial charge in [-0.15, -0.1) is 0 Å². The van der Waals surface area contributed by atoms with Crippen molar-refractivity contribution >= 4 is 11.6 Å². The first-order valence-electron chi connectivity index (χ1n) is 7.32. The molecule has 0 aromatic carbocycles. The van der Waals surface area contributed by atoms with Gasteiger partial charge in [-0.1, -0.05) is 12.8 Å². The summed E-state index contributed by atoms with van der Waals surface area (Å²) >= 11 is 0. The van der Waals surface area contributed by atoms with E-state index >= 15 is 0 Å². The van der Waals surface area contributed by atoms with Crippen molar-refractivity contribution in [1.82, 2.24) is 9.97 Å². The smallest absolute Gasteiger partial charge is 0.134 e. The van der Waals surface area contributed by atoms with E-state index in [1.54, 1.807) is 6.33 Å². The number of hydrogen-bond donors (Lipinski definition) is 1. The van der Waals surface area contributed by atoms with Gasteiger partial charge in [-0.25, -0.2) is 9.97 Å². The van der Waals surface area contributed by atoms with Crippen molar-refractivity contribution in [2.75, 3.05) is 29.9 Å². The van der Waals surface area contributed by atoms with Gasteiger partial charge < -0.3 is 15.0 Å². The summed E-state index contributed by atoms with van der Waals surface area (Å²) in [6.45, 7) is 4.70. The third kappa shape index (κ3) is 2.66. The molecule has 2 atom stereocenters. The van der Waals surface area contributed by atoms with Crippen molar-refractivity contribution in [2.45, 2.75) is 44.8 Å². The minimum Gasteiger partial charge on any atom is -0.374 e. The minimum atomic E-state index is 0.389. The molecule has 1 saturated heterocycles. The van der Waals surface area contributed by atoms with Crippen LogP contribution in [0.2, 0.25) is 0 Å². The Kier molecular flexibility index (Phi) is 3.82. The summed E-state index contributed by atoms with van der Waals surface area (Å²) < 4.78 is 5.91. The lowest BCUT2D eigenvalue weighted by Gasteiger charge is -2.44. The van der Waals surface area contributed by atoms with Gasteiger partial charge in [-0.3, -0.25) is 0 Å². The van der Waals surface area contributed by atoms with Gasteiger partial charge in [0.1, 0.15) is 18.0 Å². The molecule has 0 spiro atoms. The van der Waals surface area contributed by atoms with Gasteiger partial charge in [0.15, 0.2) is 0 Å². The standard InChI is InChI=1S/C14H22N4O/c1-2-15-13-9-14(17-10-16-13)18-7-8-19-12-6-4-3-5-11(12)18/h9-12H,2-8H2,1H3,(H,15,16,17). The molecule has 19 heavy (non-hydrogen) atoms. The summed E-state index contributed by atoms with van der Waals surface area (Å²) in [4.78, 5) is 11.1. The van der Waals surface area contributed by atoms with Crippen LogP contribution >= 0.6 is 0 Å². The molecule has 3 rings (SSSR count). The maximum absolute atomic E-state index is 5.91. The number of anilines is 2. The highest BCUT2D eigenvalue weighted by molar-refractivity contribution is 5.49. The van der Waals surface area contributed by atoms with Gasteiger partial charge in [0.05, 0.1) is 18.8 Å². The fourth-order valence-corrected chi connectivity index (χ4v) is 3.16. The predicted octanol–water partition coefficient (Wildman–Crippen LogP) is 2.06. The number of fused-ring (bicyclic) bond motifs is 1. The maximum Gasteiger partial charge on any atom is 0.134 e. The van der Waals surface area contributed by atoms with Crippen LogP contribution in [0.25, 0.3) is 0 Å². The molecule has 2 fully saturated rings. The van der Waals surface area contributed by atoms with Crippen LogP contribution in [0.15, 0.2) is 12.4 Å². The Balaban J connectivity index is 1.81. The number of hydrogen-bond acceptors (Lipinski definition) is 5. The highest BCUT2D eigenvalue weighted by Gasteiger charge is 2.34. The Hall–Kier alpha value is -1.36. The van der Waals surface area contributed by atoms with Gasteiger partial charge in [0.2, 0.25) is 0 Å². The van der Waals surface area contributed by atoms with Gasteiger partial charge in [-0.05, 0) is 19.8 Å². The molecule has 1 aromatic rings. The zero-order chi connectivity index (χ0) is 13.1.